The highest BCUT2D eigenvalue weighted by molar-refractivity contribution is 5.28. The van der Waals surface area contributed by atoms with Gasteiger partial charge in [0, 0.05) is 24.5 Å². The molecule has 2 N–H and O–H groups in total. The van der Waals surface area contributed by atoms with Gasteiger partial charge >= 0.3 is 0 Å². The molecular weight excluding hydrogens is 196 g/mol. The van der Waals surface area contributed by atoms with Crippen molar-refractivity contribution in [3.8, 4) is 0 Å². The van der Waals surface area contributed by atoms with Gasteiger partial charge in [-0.15, -0.1) is 0 Å². The smallest absolute Gasteiger partial charge is 0.0362 e. The molecule has 0 saturated heterocycles. The molecule has 2 rings (SSSR count). The van der Waals surface area contributed by atoms with Gasteiger partial charge in [0.15, 0.2) is 0 Å². The Hall–Kier alpha value is -1.54. The van der Waals surface area contributed by atoms with Gasteiger partial charge in [0.05, 0.1) is 0 Å². The zero-order chi connectivity index (χ0) is 11.4. The van der Waals surface area contributed by atoms with Crippen LogP contribution in [0.5, 0.6) is 0 Å². The Bertz CT molecular complexity index is 432. The predicted octanol–water partition coefficient (Wildman–Crippen LogP) is 3.17. The molecule has 2 heteroatoms. The van der Waals surface area contributed by atoms with Crippen molar-refractivity contribution in [1.29, 1.82) is 0 Å². The summed E-state index contributed by atoms with van der Waals surface area (Å²) in [6.45, 7) is 5.23. The molecule has 0 fully saturated rings. The summed E-state index contributed by atoms with van der Waals surface area (Å²) in [5, 5.41) is 3.51. The number of aromatic nitrogens is 1. The van der Waals surface area contributed by atoms with E-state index < -0.39 is 0 Å². The quantitative estimate of drug-likeness (QED) is 0.803. The number of benzene rings is 1. The van der Waals surface area contributed by atoms with Crippen LogP contribution in [-0.4, -0.2) is 4.98 Å². The number of hydrogen-bond donors (Lipinski definition) is 2. The Morgan fingerprint density at radius 3 is 2.69 bits per heavy atom. The van der Waals surface area contributed by atoms with Crippen LogP contribution in [0, 0.1) is 6.92 Å². The van der Waals surface area contributed by atoms with Crippen molar-refractivity contribution in [3.63, 3.8) is 0 Å². The van der Waals surface area contributed by atoms with Crippen LogP contribution in [0.4, 0.5) is 0 Å². The Labute approximate surface area is 96.7 Å². The summed E-state index contributed by atoms with van der Waals surface area (Å²) in [6.07, 6.45) is 1.95. The third-order valence-electron chi connectivity index (χ3n) is 2.92. The molecule has 0 bridgehead atoms. The molecule has 0 aliphatic rings. The molecule has 0 amide bonds. The normalized spacial score (nSPS) is 12.6. The van der Waals surface area contributed by atoms with Gasteiger partial charge in [-0.1, -0.05) is 24.3 Å². The first-order valence-electron chi connectivity index (χ1n) is 5.68. The van der Waals surface area contributed by atoms with Gasteiger partial charge < -0.3 is 10.3 Å². The van der Waals surface area contributed by atoms with Crippen LogP contribution in [-0.2, 0) is 6.54 Å². The fourth-order valence-corrected chi connectivity index (χ4v) is 1.92. The van der Waals surface area contributed by atoms with Crippen LogP contribution in [0.1, 0.15) is 29.8 Å². The van der Waals surface area contributed by atoms with Gasteiger partial charge in [-0.25, -0.2) is 0 Å². The third-order valence-corrected chi connectivity index (χ3v) is 2.92. The topological polar surface area (TPSA) is 27.8 Å². The molecule has 2 nitrogen and oxygen atoms in total. The van der Waals surface area contributed by atoms with E-state index in [1.807, 2.05) is 12.3 Å². The van der Waals surface area contributed by atoms with Crippen LogP contribution in [0.25, 0.3) is 0 Å². The fraction of sp³-hybridized carbons (Fsp3) is 0.286. The number of nitrogens with one attached hydrogen (secondary N) is 2. The molecule has 0 saturated carbocycles. The molecular formula is C14H18N2. The van der Waals surface area contributed by atoms with E-state index >= 15 is 0 Å². The zero-order valence-electron chi connectivity index (χ0n) is 9.83. The van der Waals surface area contributed by atoms with Gasteiger partial charge in [0.25, 0.3) is 0 Å². The number of hydrogen-bond acceptors (Lipinski definition) is 1. The molecule has 0 radical (unpaired) electrons. The lowest BCUT2D eigenvalue weighted by atomic mass is 10.0. The van der Waals surface area contributed by atoms with Crippen LogP contribution in [0.15, 0.2) is 42.6 Å². The molecule has 1 atom stereocenters. The molecule has 1 aromatic heterocycles. The molecule has 0 aliphatic heterocycles. The van der Waals surface area contributed by atoms with Crippen molar-refractivity contribution in [1.82, 2.24) is 10.3 Å². The van der Waals surface area contributed by atoms with Crippen molar-refractivity contribution in [2.45, 2.75) is 26.4 Å². The summed E-state index contributed by atoms with van der Waals surface area (Å²) < 4.78 is 0. The van der Waals surface area contributed by atoms with Crippen molar-refractivity contribution in [3.05, 3.63) is 59.4 Å². The largest absolute Gasteiger partial charge is 0.364 e. The first-order valence-corrected chi connectivity index (χ1v) is 5.68. The molecule has 0 aliphatic carbocycles. The van der Waals surface area contributed by atoms with Gasteiger partial charge in [-0.2, -0.15) is 0 Å². The second-order valence-corrected chi connectivity index (χ2v) is 4.15. The SMILES string of the molecule is Cc1ccccc1[C@H](C)NCc1ccc[nH]1. The average Bonchev–Trinajstić information content (AvgIpc) is 2.79. The highest BCUT2D eigenvalue weighted by atomic mass is 14.9. The molecule has 16 heavy (non-hydrogen) atoms. The van der Waals surface area contributed by atoms with E-state index in [0.29, 0.717) is 6.04 Å². The maximum atomic E-state index is 3.51. The molecule has 0 spiro atoms. The van der Waals surface area contributed by atoms with Crippen LogP contribution in [0.2, 0.25) is 0 Å². The fourth-order valence-electron chi connectivity index (χ4n) is 1.92. The van der Waals surface area contributed by atoms with Gasteiger partial charge in [0.1, 0.15) is 0 Å². The summed E-state index contributed by atoms with van der Waals surface area (Å²) in [6, 6.07) is 13.0. The maximum absolute atomic E-state index is 3.51. The van der Waals surface area contributed by atoms with Crippen LogP contribution < -0.4 is 5.32 Å². The van der Waals surface area contributed by atoms with Gasteiger partial charge in [-0.05, 0) is 37.1 Å². The number of aromatic amines is 1. The van der Waals surface area contributed by atoms with E-state index in [1.54, 1.807) is 0 Å². The first kappa shape index (κ1) is 11.0. The average molecular weight is 214 g/mol. The highest BCUT2D eigenvalue weighted by Gasteiger charge is 2.06. The lowest BCUT2D eigenvalue weighted by Crippen LogP contribution is -2.18. The third kappa shape index (κ3) is 2.52. The number of rotatable bonds is 4. The summed E-state index contributed by atoms with van der Waals surface area (Å²) in [7, 11) is 0. The van der Waals surface area contributed by atoms with E-state index in [1.165, 1.54) is 16.8 Å². The van der Waals surface area contributed by atoms with Gasteiger partial charge in [0.2, 0.25) is 0 Å². The van der Waals surface area contributed by atoms with Crippen LogP contribution >= 0.6 is 0 Å². The highest BCUT2D eigenvalue weighted by Crippen LogP contribution is 2.16. The molecule has 84 valence electrons. The number of H-pyrrole nitrogens is 1. The lowest BCUT2D eigenvalue weighted by molar-refractivity contribution is 0.567. The van der Waals surface area contributed by atoms with E-state index in [-0.39, 0.29) is 0 Å². The van der Waals surface area contributed by atoms with Crippen molar-refractivity contribution in [2.75, 3.05) is 0 Å². The minimum atomic E-state index is 0.379. The molecule has 1 aromatic carbocycles. The minimum Gasteiger partial charge on any atom is -0.364 e. The summed E-state index contributed by atoms with van der Waals surface area (Å²) in [5.41, 5.74) is 3.93. The summed E-state index contributed by atoms with van der Waals surface area (Å²) in [4.78, 5) is 3.20. The Morgan fingerprint density at radius 1 is 1.19 bits per heavy atom. The van der Waals surface area contributed by atoms with Crippen LogP contribution in [0.3, 0.4) is 0 Å². The Morgan fingerprint density at radius 2 is 2.00 bits per heavy atom. The van der Waals surface area contributed by atoms with E-state index in [2.05, 4.69) is 54.5 Å². The summed E-state index contributed by atoms with van der Waals surface area (Å²) in [5.74, 6) is 0. The standard InChI is InChI=1S/C14H18N2/c1-11-6-3-4-8-14(11)12(2)16-10-13-7-5-9-15-13/h3-9,12,15-16H,10H2,1-2H3/t12-/m0/s1. The van der Waals surface area contributed by atoms with E-state index in [0.717, 1.165) is 6.54 Å². The number of aryl methyl sites for hydroxylation is 1. The van der Waals surface area contributed by atoms with Crippen molar-refractivity contribution >= 4 is 0 Å². The Kier molecular flexibility index (Phi) is 3.42. The predicted molar refractivity (Wildman–Crippen MR) is 67.2 cm³/mol. The van der Waals surface area contributed by atoms with Crippen molar-refractivity contribution < 1.29 is 0 Å². The minimum absolute atomic E-state index is 0.379. The molecule has 0 unspecified atom stereocenters. The van der Waals surface area contributed by atoms with E-state index in [9.17, 15) is 0 Å². The van der Waals surface area contributed by atoms with E-state index in [4.69, 9.17) is 0 Å². The second kappa shape index (κ2) is 4.99. The molecule has 2 aromatic rings. The second-order valence-electron chi connectivity index (χ2n) is 4.15. The monoisotopic (exact) mass is 214 g/mol. The van der Waals surface area contributed by atoms with Crippen molar-refractivity contribution in [2.24, 2.45) is 0 Å². The lowest BCUT2D eigenvalue weighted by Gasteiger charge is -2.16. The summed E-state index contributed by atoms with van der Waals surface area (Å²) >= 11 is 0. The zero-order valence-corrected chi connectivity index (χ0v) is 9.83. The van der Waals surface area contributed by atoms with Gasteiger partial charge in [-0.3, -0.25) is 0 Å². The molecule has 1 heterocycles. The maximum Gasteiger partial charge on any atom is 0.0362 e. The first-order chi connectivity index (χ1) is 7.77. The Balaban J connectivity index is 1.98.